The first-order valence-corrected chi connectivity index (χ1v) is 7.39. The van der Waals surface area contributed by atoms with Crippen molar-refractivity contribution in [2.45, 2.75) is 31.7 Å². The molecule has 1 fully saturated rings. The van der Waals surface area contributed by atoms with E-state index in [4.69, 9.17) is 0 Å². The summed E-state index contributed by atoms with van der Waals surface area (Å²) in [4.78, 5) is 16.8. The van der Waals surface area contributed by atoms with E-state index in [-0.39, 0.29) is 11.3 Å². The SMILES string of the molecule is Cc1ccc(C(=O)CN(C)CC2(N(C)C)CCC2)cc1. The molecule has 3 nitrogen and oxygen atoms in total. The van der Waals surface area contributed by atoms with Crippen molar-refractivity contribution >= 4 is 5.78 Å². The molecular weight excluding hydrogens is 248 g/mol. The number of carbonyl (C=O) groups is 1. The minimum Gasteiger partial charge on any atom is -0.302 e. The fraction of sp³-hybridized carbons (Fsp3) is 0.588. The molecule has 1 aliphatic rings. The van der Waals surface area contributed by atoms with Gasteiger partial charge in [0.1, 0.15) is 0 Å². The summed E-state index contributed by atoms with van der Waals surface area (Å²) in [6.07, 6.45) is 3.78. The number of carbonyl (C=O) groups excluding carboxylic acids is 1. The molecule has 0 amide bonds. The fourth-order valence-corrected chi connectivity index (χ4v) is 2.97. The monoisotopic (exact) mass is 274 g/mol. The highest BCUT2D eigenvalue weighted by atomic mass is 16.1. The average Bonchev–Trinajstić information content (AvgIpc) is 2.34. The number of likely N-dealkylation sites (N-methyl/N-ethyl adjacent to an activating group) is 2. The smallest absolute Gasteiger partial charge is 0.176 e. The molecule has 0 aromatic heterocycles. The standard InChI is InChI=1S/C17H26N2O/c1-14-6-8-15(9-7-14)16(20)12-19(4)13-17(18(2)3)10-5-11-17/h6-9H,5,10-13H2,1-4H3. The number of benzene rings is 1. The predicted molar refractivity (Wildman–Crippen MR) is 83.3 cm³/mol. The molecule has 0 atom stereocenters. The molecule has 0 unspecified atom stereocenters. The number of aryl methyl sites for hydroxylation is 1. The van der Waals surface area contributed by atoms with Gasteiger partial charge in [-0.3, -0.25) is 9.69 Å². The molecule has 1 aromatic rings. The minimum atomic E-state index is 0.209. The average molecular weight is 274 g/mol. The third-order valence-electron chi connectivity index (χ3n) is 4.58. The lowest BCUT2D eigenvalue weighted by Crippen LogP contribution is -2.57. The Bertz CT molecular complexity index is 460. The Morgan fingerprint density at radius 3 is 2.20 bits per heavy atom. The number of Topliss-reactive ketones (excluding diaryl/α,β-unsaturated/α-hetero) is 1. The van der Waals surface area contributed by atoms with Gasteiger partial charge in [-0.2, -0.15) is 0 Å². The van der Waals surface area contributed by atoms with Crippen molar-refractivity contribution in [1.29, 1.82) is 0 Å². The van der Waals surface area contributed by atoms with Crippen LogP contribution >= 0.6 is 0 Å². The highest BCUT2D eigenvalue weighted by Gasteiger charge is 2.39. The molecule has 0 radical (unpaired) electrons. The van der Waals surface area contributed by atoms with Crippen LogP contribution in [0.3, 0.4) is 0 Å². The molecule has 3 heteroatoms. The minimum absolute atomic E-state index is 0.209. The lowest BCUT2D eigenvalue weighted by molar-refractivity contribution is 0.0280. The topological polar surface area (TPSA) is 23.6 Å². The van der Waals surface area contributed by atoms with Crippen LogP contribution < -0.4 is 0 Å². The first-order valence-electron chi connectivity index (χ1n) is 7.39. The number of nitrogens with zero attached hydrogens (tertiary/aromatic N) is 2. The molecule has 0 saturated heterocycles. The van der Waals surface area contributed by atoms with Crippen LogP contribution in [-0.4, -0.2) is 55.4 Å². The van der Waals surface area contributed by atoms with Gasteiger partial charge in [0.25, 0.3) is 0 Å². The van der Waals surface area contributed by atoms with Crippen LogP contribution in [0.5, 0.6) is 0 Å². The molecule has 1 saturated carbocycles. The third-order valence-corrected chi connectivity index (χ3v) is 4.58. The molecule has 0 bridgehead atoms. The summed E-state index contributed by atoms with van der Waals surface area (Å²) in [7, 11) is 6.35. The van der Waals surface area contributed by atoms with Crippen molar-refractivity contribution in [2.75, 3.05) is 34.2 Å². The summed E-state index contributed by atoms with van der Waals surface area (Å²) in [5.74, 6) is 0.209. The lowest BCUT2D eigenvalue weighted by atomic mass is 9.75. The molecular formula is C17H26N2O. The van der Waals surface area contributed by atoms with Gasteiger partial charge in [-0.25, -0.2) is 0 Å². The maximum Gasteiger partial charge on any atom is 0.176 e. The number of rotatable bonds is 6. The zero-order valence-corrected chi connectivity index (χ0v) is 13.1. The van der Waals surface area contributed by atoms with Gasteiger partial charge in [-0.1, -0.05) is 29.8 Å². The largest absolute Gasteiger partial charge is 0.302 e. The summed E-state index contributed by atoms with van der Waals surface area (Å²) in [5.41, 5.74) is 2.29. The molecule has 2 rings (SSSR count). The highest BCUT2D eigenvalue weighted by molar-refractivity contribution is 5.97. The molecule has 0 aliphatic heterocycles. The second kappa shape index (κ2) is 6.06. The summed E-state index contributed by atoms with van der Waals surface area (Å²) in [6, 6.07) is 7.86. The van der Waals surface area contributed by atoms with E-state index in [2.05, 4.69) is 30.9 Å². The van der Waals surface area contributed by atoms with Gasteiger partial charge >= 0.3 is 0 Å². The number of ketones is 1. The van der Waals surface area contributed by atoms with E-state index in [1.54, 1.807) is 0 Å². The van der Waals surface area contributed by atoms with Crippen molar-refractivity contribution in [3.05, 3.63) is 35.4 Å². The van der Waals surface area contributed by atoms with Crippen molar-refractivity contribution in [3.63, 3.8) is 0 Å². The van der Waals surface area contributed by atoms with Crippen molar-refractivity contribution in [2.24, 2.45) is 0 Å². The van der Waals surface area contributed by atoms with Gasteiger partial charge in [0.05, 0.1) is 6.54 Å². The van der Waals surface area contributed by atoms with E-state index in [1.807, 2.05) is 31.2 Å². The number of hydrogen-bond acceptors (Lipinski definition) is 3. The number of hydrogen-bond donors (Lipinski definition) is 0. The maximum absolute atomic E-state index is 12.3. The van der Waals surface area contributed by atoms with Gasteiger partial charge in [-0.15, -0.1) is 0 Å². The summed E-state index contributed by atoms with van der Waals surface area (Å²) >= 11 is 0. The van der Waals surface area contributed by atoms with Gasteiger partial charge in [-0.05, 0) is 47.3 Å². The van der Waals surface area contributed by atoms with E-state index < -0.39 is 0 Å². The van der Waals surface area contributed by atoms with E-state index in [0.717, 1.165) is 12.1 Å². The molecule has 1 aliphatic carbocycles. The predicted octanol–water partition coefficient (Wildman–Crippen LogP) is 2.59. The molecule has 0 heterocycles. The van der Waals surface area contributed by atoms with Crippen LogP contribution in [0.25, 0.3) is 0 Å². The highest BCUT2D eigenvalue weighted by Crippen LogP contribution is 2.36. The first-order chi connectivity index (χ1) is 9.43. The van der Waals surface area contributed by atoms with E-state index in [0.29, 0.717) is 6.54 Å². The molecule has 0 N–H and O–H groups in total. The molecule has 110 valence electrons. The summed E-state index contributed by atoms with van der Waals surface area (Å²) < 4.78 is 0. The summed E-state index contributed by atoms with van der Waals surface area (Å²) in [5, 5.41) is 0. The fourth-order valence-electron chi connectivity index (χ4n) is 2.97. The van der Waals surface area contributed by atoms with Crippen LogP contribution in [0.4, 0.5) is 0 Å². The van der Waals surface area contributed by atoms with Gasteiger partial charge in [0.15, 0.2) is 5.78 Å². The van der Waals surface area contributed by atoms with Crippen molar-refractivity contribution < 1.29 is 4.79 Å². The van der Waals surface area contributed by atoms with Crippen molar-refractivity contribution in [3.8, 4) is 0 Å². The Morgan fingerprint density at radius 1 is 1.15 bits per heavy atom. The van der Waals surface area contributed by atoms with Crippen LogP contribution in [0.15, 0.2) is 24.3 Å². The third kappa shape index (κ3) is 3.28. The second-order valence-electron chi connectivity index (χ2n) is 6.43. The van der Waals surface area contributed by atoms with Crippen LogP contribution in [0.1, 0.15) is 35.2 Å². The van der Waals surface area contributed by atoms with Crippen LogP contribution in [-0.2, 0) is 0 Å². The molecule has 20 heavy (non-hydrogen) atoms. The zero-order chi connectivity index (χ0) is 14.8. The Labute approximate surface area is 122 Å². The first kappa shape index (κ1) is 15.2. The quantitative estimate of drug-likeness (QED) is 0.745. The van der Waals surface area contributed by atoms with Crippen LogP contribution in [0, 0.1) is 6.92 Å². The van der Waals surface area contributed by atoms with Crippen LogP contribution in [0.2, 0.25) is 0 Å². The van der Waals surface area contributed by atoms with E-state index >= 15 is 0 Å². The van der Waals surface area contributed by atoms with Gasteiger partial charge in [0, 0.05) is 17.6 Å². The Kier molecular flexibility index (Phi) is 4.61. The Hall–Kier alpha value is -1.19. The molecule has 1 aromatic carbocycles. The van der Waals surface area contributed by atoms with Gasteiger partial charge < -0.3 is 4.90 Å². The Morgan fingerprint density at radius 2 is 1.75 bits per heavy atom. The summed E-state index contributed by atoms with van der Waals surface area (Å²) in [6.45, 7) is 3.51. The lowest BCUT2D eigenvalue weighted by Gasteiger charge is -2.49. The normalized spacial score (nSPS) is 17.3. The second-order valence-corrected chi connectivity index (χ2v) is 6.43. The molecule has 0 spiro atoms. The van der Waals surface area contributed by atoms with Gasteiger partial charge in [0.2, 0.25) is 0 Å². The maximum atomic E-state index is 12.3. The van der Waals surface area contributed by atoms with E-state index in [9.17, 15) is 4.79 Å². The Balaban J connectivity index is 1.92. The van der Waals surface area contributed by atoms with E-state index in [1.165, 1.54) is 24.8 Å². The van der Waals surface area contributed by atoms with Crippen molar-refractivity contribution in [1.82, 2.24) is 9.80 Å². The zero-order valence-electron chi connectivity index (χ0n) is 13.1.